The summed E-state index contributed by atoms with van der Waals surface area (Å²) in [5.41, 5.74) is 2.89. The summed E-state index contributed by atoms with van der Waals surface area (Å²) in [4.78, 5) is 19.5. The molecule has 0 radical (unpaired) electrons. The van der Waals surface area contributed by atoms with Gasteiger partial charge in [-0.25, -0.2) is 4.98 Å². The Balaban J connectivity index is 1.59. The topological polar surface area (TPSA) is 38.1 Å². The molecule has 1 aliphatic heterocycles. The van der Waals surface area contributed by atoms with E-state index in [0.717, 1.165) is 24.2 Å². The zero-order valence-electron chi connectivity index (χ0n) is 14.7. The maximum atomic E-state index is 12.9. The van der Waals surface area contributed by atoms with Gasteiger partial charge in [-0.05, 0) is 49.3 Å². The van der Waals surface area contributed by atoms with Gasteiger partial charge in [-0.3, -0.25) is 4.79 Å². The van der Waals surface area contributed by atoms with E-state index in [1.807, 2.05) is 23.4 Å². The molecule has 0 bridgehead atoms. The van der Waals surface area contributed by atoms with E-state index in [4.69, 9.17) is 0 Å². The van der Waals surface area contributed by atoms with Gasteiger partial charge in [0.15, 0.2) is 0 Å². The Morgan fingerprint density at radius 2 is 1.83 bits per heavy atom. The van der Waals surface area contributed by atoms with Gasteiger partial charge in [0.1, 0.15) is 0 Å². The van der Waals surface area contributed by atoms with Crippen LogP contribution in [0, 0.1) is 11.8 Å². The highest BCUT2D eigenvalue weighted by Gasteiger charge is 2.26. The number of fused-ring (bicyclic) bond motifs is 1. The van der Waals surface area contributed by atoms with Crippen molar-refractivity contribution in [3.05, 3.63) is 30.1 Å². The van der Waals surface area contributed by atoms with Gasteiger partial charge in [0.05, 0.1) is 17.4 Å². The Kier molecular flexibility index (Phi) is 4.07. The van der Waals surface area contributed by atoms with Crippen LogP contribution in [-0.2, 0) is 0 Å². The quantitative estimate of drug-likeness (QED) is 0.827. The number of piperidine rings is 1. The smallest absolute Gasteiger partial charge is 0.253 e. The monoisotopic (exact) mass is 325 g/mol. The summed E-state index contributed by atoms with van der Waals surface area (Å²) >= 11 is 0. The predicted octanol–water partition coefficient (Wildman–Crippen LogP) is 4.27. The fourth-order valence-electron chi connectivity index (χ4n) is 4.65. The normalized spacial score (nSPS) is 25.5. The first-order valence-corrected chi connectivity index (χ1v) is 9.37. The zero-order chi connectivity index (χ0) is 16.7. The van der Waals surface area contributed by atoms with Crippen LogP contribution in [0.1, 0.15) is 62.4 Å². The third-order valence-electron chi connectivity index (χ3n) is 5.70. The molecule has 1 saturated carbocycles. The molecule has 1 saturated heterocycles. The van der Waals surface area contributed by atoms with Crippen molar-refractivity contribution in [2.75, 3.05) is 13.1 Å². The van der Waals surface area contributed by atoms with Crippen LogP contribution in [0.3, 0.4) is 0 Å². The number of benzene rings is 1. The maximum absolute atomic E-state index is 12.9. The highest BCUT2D eigenvalue weighted by Crippen LogP contribution is 2.32. The number of rotatable bonds is 2. The van der Waals surface area contributed by atoms with E-state index in [0.29, 0.717) is 17.9 Å². The molecular weight excluding hydrogens is 298 g/mol. The van der Waals surface area contributed by atoms with Crippen molar-refractivity contribution < 1.29 is 4.79 Å². The van der Waals surface area contributed by atoms with Crippen LogP contribution in [0.4, 0.5) is 0 Å². The SMILES string of the molecule is C[C@H]1C[C@H](C)CN(C(=O)c2ccc3c(c2)ncn3C2CCCC2)C1. The van der Waals surface area contributed by atoms with Gasteiger partial charge in [-0.1, -0.05) is 26.7 Å². The highest BCUT2D eigenvalue weighted by atomic mass is 16.2. The minimum Gasteiger partial charge on any atom is -0.338 e. The van der Waals surface area contributed by atoms with Gasteiger partial charge in [0, 0.05) is 24.7 Å². The van der Waals surface area contributed by atoms with Gasteiger partial charge in [0.25, 0.3) is 5.91 Å². The van der Waals surface area contributed by atoms with Gasteiger partial charge in [-0.15, -0.1) is 0 Å². The van der Waals surface area contributed by atoms with Crippen LogP contribution in [0.15, 0.2) is 24.5 Å². The number of aromatic nitrogens is 2. The van der Waals surface area contributed by atoms with Crippen molar-refractivity contribution in [1.29, 1.82) is 0 Å². The van der Waals surface area contributed by atoms with E-state index in [1.54, 1.807) is 0 Å². The largest absolute Gasteiger partial charge is 0.338 e. The molecule has 2 heterocycles. The molecule has 2 aliphatic rings. The number of amides is 1. The lowest BCUT2D eigenvalue weighted by atomic mass is 9.91. The van der Waals surface area contributed by atoms with Crippen molar-refractivity contribution in [1.82, 2.24) is 14.5 Å². The molecule has 2 fully saturated rings. The lowest BCUT2D eigenvalue weighted by molar-refractivity contribution is 0.0623. The minimum absolute atomic E-state index is 0.158. The van der Waals surface area contributed by atoms with Crippen LogP contribution in [0.5, 0.6) is 0 Å². The summed E-state index contributed by atoms with van der Waals surface area (Å²) < 4.78 is 2.31. The Labute approximate surface area is 143 Å². The highest BCUT2D eigenvalue weighted by molar-refractivity contribution is 5.97. The molecular formula is C20H27N3O. The van der Waals surface area contributed by atoms with E-state index in [1.165, 1.54) is 37.6 Å². The van der Waals surface area contributed by atoms with Crippen molar-refractivity contribution in [2.24, 2.45) is 11.8 Å². The van der Waals surface area contributed by atoms with E-state index in [-0.39, 0.29) is 5.91 Å². The van der Waals surface area contributed by atoms with Gasteiger partial charge < -0.3 is 9.47 Å². The van der Waals surface area contributed by atoms with E-state index < -0.39 is 0 Å². The molecule has 0 unspecified atom stereocenters. The lowest BCUT2D eigenvalue weighted by Gasteiger charge is -2.35. The average Bonchev–Trinajstić information content (AvgIpc) is 3.21. The first-order valence-electron chi connectivity index (χ1n) is 9.37. The zero-order valence-corrected chi connectivity index (χ0v) is 14.7. The molecule has 1 aromatic carbocycles. The maximum Gasteiger partial charge on any atom is 0.253 e. The molecule has 4 heteroatoms. The summed E-state index contributed by atoms with van der Waals surface area (Å²) in [6.07, 6.45) is 8.29. The Hall–Kier alpha value is -1.84. The summed E-state index contributed by atoms with van der Waals surface area (Å²) in [6.45, 7) is 6.22. The molecule has 0 N–H and O–H groups in total. The van der Waals surface area contributed by atoms with Gasteiger partial charge in [-0.2, -0.15) is 0 Å². The predicted molar refractivity (Wildman–Crippen MR) is 96.1 cm³/mol. The Bertz CT molecular complexity index is 734. The van der Waals surface area contributed by atoms with Crippen molar-refractivity contribution >= 4 is 16.9 Å². The van der Waals surface area contributed by atoms with Crippen molar-refractivity contribution in [3.63, 3.8) is 0 Å². The fraction of sp³-hybridized carbons (Fsp3) is 0.600. The molecule has 1 aromatic heterocycles. The van der Waals surface area contributed by atoms with Crippen molar-refractivity contribution in [3.8, 4) is 0 Å². The average molecular weight is 325 g/mol. The van der Waals surface area contributed by atoms with Crippen LogP contribution >= 0.6 is 0 Å². The number of likely N-dealkylation sites (tertiary alicyclic amines) is 1. The second-order valence-corrected chi connectivity index (χ2v) is 7.95. The number of nitrogens with zero attached hydrogens (tertiary/aromatic N) is 3. The van der Waals surface area contributed by atoms with Crippen molar-refractivity contribution in [2.45, 2.75) is 52.0 Å². The fourth-order valence-corrected chi connectivity index (χ4v) is 4.65. The minimum atomic E-state index is 0.158. The van der Waals surface area contributed by atoms with Crippen LogP contribution in [0.25, 0.3) is 11.0 Å². The van der Waals surface area contributed by atoms with E-state index >= 15 is 0 Å². The van der Waals surface area contributed by atoms with Gasteiger partial charge in [0.2, 0.25) is 0 Å². The molecule has 24 heavy (non-hydrogen) atoms. The molecule has 4 nitrogen and oxygen atoms in total. The number of hydrogen-bond acceptors (Lipinski definition) is 2. The Morgan fingerprint density at radius 3 is 2.54 bits per heavy atom. The third kappa shape index (κ3) is 2.83. The molecule has 1 amide bonds. The second kappa shape index (κ2) is 6.23. The lowest BCUT2D eigenvalue weighted by Crippen LogP contribution is -2.42. The van der Waals surface area contributed by atoms with Gasteiger partial charge >= 0.3 is 0 Å². The first kappa shape index (κ1) is 15.7. The number of carbonyl (C=O) groups is 1. The summed E-state index contributed by atoms with van der Waals surface area (Å²) in [5, 5.41) is 0. The second-order valence-electron chi connectivity index (χ2n) is 7.95. The summed E-state index contributed by atoms with van der Waals surface area (Å²) in [5.74, 6) is 1.33. The molecule has 2 aromatic rings. The summed E-state index contributed by atoms with van der Waals surface area (Å²) in [7, 11) is 0. The molecule has 4 rings (SSSR count). The summed E-state index contributed by atoms with van der Waals surface area (Å²) in [6, 6.07) is 6.64. The number of carbonyl (C=O) groups excluding carboxylic acids is 1. The van der Waals surface area contributed by atoms with Crippen LogP contribution in [0.2, 0.25) is 0 Å². The van der Waals surface area contributed by atoms with Crippen LogP contribution < -0.4 is 0 Å². The van der Waals surface area contributed by atoms with E-state index in [9.17, 15) is 4.79 Å². The first-order chi connectivity index (χ1) is 11.6. The molecule has 2 atom stereocenters. The molecule has 128 valence electrons. The molecule has 0 spiro atoms. The standard InChI is InChI=1S/C20H27N3O/c1-14-9-15(2)12-22(11-14)20(24)16-7-8-19-18(10-16)21-13-23(19)17-5-3-4-6-17/h7-8,10,13-15,17H,3-6,9,11-12H2,1-2H3/t14-,15-/m0/s1. The molecule has 1 aliphatic carbocycles. The van der Waals surface area contributed by atoms with E-state index in [2.05, 4.69) is 29.5 Å². The Morgan fingerprint density at radius 1 is 1.12 bits per heavy atom. The van der Waals surface area contributed by atoms with Crippen LogP contribution in [-0.4, -0.2) is 33.4 Å². The number of imidazole rings is 1. The number of hydrogen-bond donors (Lipinski definition) is 0. The third-order valence-corrected chi connectivity index (χ3v) is 5.70.